The van der Waals surface area contributed by atoms with E-state index in [9.17, 15) is 0 Å². The van der Waals surface area contributed by atoms with E-state index in [4.69, 9.17) is 0 Å². The third-order valence-electron chi connectivity index (χ3n) is 4.74. The standard InChI is InChI=1S/C18H20.2Li/c1-2-3-12-18(17-13-8-5-9-14-17)15-16-10-6-4-7-11-16;;/h4-11,13-15H,2-3,12H2,1H3;;. The molecular weight excluding hydrogens is 230 g/mol. The van der Waals surface area contributed by atoms with E-state index in [2.05, 4.69) is 103 Å². The minimum atomic E-state index is 0.207. The van der Waals surface area contributed by atoms with Crippen molar-refractivity contribution in [2.45, 2.75) is 34.9 Å². The van der Waals surface area contributed by atoms with Crippen LogP contribution in [0, 0.1) is 0 Å². The van der Waals surface area contributed by atoms with Gasteiger partial charge in [0.05, 0.1) is 0 Å². The number of hydrogen-bond acceptors (Lipinski definition) is 0. The molecule has 0 nitrogen and oxygen atoms in total. The van der Waals surface area contributed by atoms with Crippen molar-refractivity contribution in [2.75, 3.05) is 0 Å². The van der Waals surface area contributed by atoms with E-state index in [1.807, 2.05) is 0 Å². The first kappa shape index (κ1) is 16.0. The Balaban J connectivity index is 2.36. The zero-order valence-corrected chi connectivity index (χ0v) is 13.0. The Morgan fingerprint density at radius 2 is 1.50 bits per heavy atom. The summed E-state index contributed by atoms with van der Waals surface area (Å²) in [5.74, 6) is 0. The fraction of sp³-hybridized carbons (Fsp3) is 0.333. The molecule has 0 heterocycles. The third-order valence-corrected chi connectivity index (χ3v) is 4.74. The van der Waals surface area contributed by atoms with Gasteiger partial charge in [-0.15, -0.1) is 0 Å². The molecule has 2 rings (SSSR count). The van der Waals surface area contributed by atoms with E-state index >= 15 is 0 Å². The van der Waals surface area contributed by atoms with Gasteiger partial charge in [0.1, 0.15) is 0 Å². The Bertz CT molecular complexity index is 509. The molecule has 0 aliphatic heterocycles. The van der Waals surface area contributed by atoms with Crippen molar-refractivity contribution in [3.63, 3.8) is 0 Å². The Morgan fingerprint density at radius 3 is 2.05 bits per heavy atom. The molecule has 0 radical (unpaired) electrons. The van der Waals surface area contributed by atoms with Crippen LogP contribution < -0.4 is 0 Å². The summed E-state index contributed by atoms with van der Waals surface area (Å²) in [6, 6.07) is 21.9. The van der Waals surface area contributed by atoms with Gasteiger partial charge in [0, 0.05) is 0 Å². The molecular formula is C18H20Li2. The van der Waals surface area contributed by atoms with E-state index < -0.39 is 0 Å². The summed E-state index contributed by atoms with van der Waals surface area (Å²) >= 11 is 4.80. The van der Waals surface area contributed by atoms with Gasteiger partial charge in [-0.3, -0.25) is 0 Å². The molecule has 0 N–H and O–H groups in total. The van der Waals surface area contributed by atoms with Crippen LogP contribution in [0.5, 0.6) is 0 Å². The average molecular weight is 250 g/mol. The van der Waals surface area contributed by atoms with Crippen molar-refractivity contribution >= 4 is 35.4 Å². The molecule has 0 fully saturated rings. The predicted molar refractivity (Wildman–Crippen MR) is 88.3 cm³/mol. The zero-order chi connectivity index (χ0) is 14.4. The van der Waals surface area contributed by atoms with Crippen LogP contribution in [0.3, 0.4) is 0 Å². The fourth-order valence-electron chi connectivity index (χ4n) is 3.08. The van der Waals surface area contributed by atoms with Crippen molar-refractivity contribution in [1.82, 2.24) is 0 Å². The summed E-state index contributed by atoms with van der Waals surface area (Å²) in [4.78, 5) is 0. The Labute approximate surface area is 141 Å². The first-order valence-corrected chi connectivity index (χ1v) is 7.79. The maximum absolute atomic E-state index is 2.43. The van der Waals surface area contributed by atoms with Crippen LogP contribution in [0.4, 0.5) is 0 Å². The summed E-state index contributed by atoms with van der Waals surface area (Å²) in [5, 5.41) is 0. The maximum atomic E-state index is 2.43. The second-order valence-electron chi connectivity index (χ2n) is 6.02. The van der Waals surface area contributed by atoms with Crippen molar-refractivity contribution < 1.29 is 0 Å². The Kier molecular flexibility index (Phi) is 6.08. The van der Waals surface area contributed by atoms with Crippen LogP contribution in [0.1, 0.15) is 41.9 Å². The van der Waals surface area contributed by atoms with Crippen LogP contribution in [0.2, 0.25) is 0 Å². The predicted octanol–water partition coefficient (Wildman–Crippen LogP) is 4.15. The van der Waals surface area contributed by atoms with Gasteiger partial charge in [-0.25, -0.2) is 0 Å². The number of unbranched alkanes of at least 4 members (excludes halogenated alkanes) is 1. The van der Waals surface area contributed by atoms with Crippen LogP contribution in [-0.2, 0) is 4.09 Å². The minimum absolute atomic E-state index is 0.207. The molecule has 0 spiro atoms. The molecule has 0 saturated carbocycles. The number of hydrogen-bond donors (Lipinski definition) is 0. The van der Waals surface area contributed by atoms with E-state index in [0.29, 0.717) is 4.59 Å². The molecule has 0 bridgehead atoms. The molecule has 94 valence electrons. The van der Waals surface area contributed by atoms with Gasteiger partial charge in [0.25, 0.3) is 0 Å². The quantitative estimate of drug-likeness (QED) is 0.675. The van der Waals surface area contributed by atoms with Crippen molar-refractivity contribution in [3.8, 4) is 0 Å². The number of rotatable bonds is 6. The second-order valence-corrected chi connectivity index (χ2v) is 6.02. The number of benzene rings is 2. The molecule has 0 aromatic heterocycles. The summed E-state index contributed by atoms with van der Waals surface area (Å²) < 4.78 is 0.733. The van der Waals surface area contributed by atoms with Gasteiger partial charge < -0.3 is 0 Å². The van der Waals surface area contributed by atoms with Gasteiger partial charge in [-0.2, -0.15) is 0 Å². The van der Waals surface area contributed by atoms with Crippen LogP contribution >= 0.6 is 0 Å². The topological polar surface area (TPSA) is 0 Å². The molecule has 2 unspecified atom stereocenters. The summed E-state index contributed by atoms with van der Waals surface area (Å²) in [6.45, 7) is 2.28. The van der Waals surface area contributed by atoms with Gasteiger partial charge in [0.2, 0.25) is 0 Å². The fourth-order valence-corrected chi connectivity index (χ4v) is 3.08. The average Bonchev–Trinajstić information content (AvgIpc) is 2.53. The summed E-state index contributed by atoms with van der Waals surface area (Å²) in [7, 11) is 0. The third kappa shape index (κ3) is 3.64. The van der Waals surface area contributed by atoms with Crippen LogP contribution in [0.25, 0.3) is 0 Å². The van der Waals surface area contributed by atoms with Gasteiger partial charge in [-0.05, 0) is 0 Å². The molecule has 2 atom stereocenters. The molecule has 0 aliphatic carbocycles. The molecule has 20 heavy (non-hydrogen) atoms. The van der Waals surface area contributed by atoms with Crippen molar-refractivity contribution in [2.24, 2.45) is 0 Å². The summed E-state index contributed by atoms with van der Waals surface area (Å²) in [5.41, 5.74) is 2.90. The van der Waals surface area contributed by atoms with Gasteiger partial charge >= 0.3 is 142 Å². The van der Waals surface area contributed by atoms with E-state index in [1.165, 1.54) is 30.4 Å². The van der Waals surface area contributed by atoms with Crippen molar-refractivity contribution in [1.29, 1.82) is 0 Å². The SMILES string of the molecule is [Li][CH](c1ccccc1)[C]([Li])(CCCC)c1ccccc1. The zero-order valence-electron chi connectivity index (χ0n) is 13.0. The van der Waals surface area contributed by atoms with Crippen LogP contribution in [0.15, 0.2) is 60.7 Å². The Hall–Kier alpha value is -0.365. The Morgan fingerprint density at radius 1 is 0.950 bits per heavy atom. The monoisotopic (exact) mass is 250 g/mol. The van der Waals surface area contributed by atoms with E-state index in [0.717, 1.165) is 0 Å². The van der Waals surface area contributed by atoms with Crippen molar-refractivity contribution in [3.05, 3.63) is 71.8 Å². The van der Waals surface area contributed by atoms with Gasteiger partial charge in [-0.1, -0.05) is 0 Å². The van der Waals surface area contributed by atoms with Crippen LogP contribution in [-0.4, -0.2) is 35.4 Å². The normalized spacial score (nSPS) is 15.7. The molecule has 2 heteroatoms. The molecule has 0 aliphatic rings. The molecule has 0 amide bonds. The first-order chi connectivity index (χ1) is 9.68. The molecule has 2 aromatic carbocycles. The molecule has 0 saturated heterocycles. The van der Waals surface area contributed by atoms with E-state index in [1.54, 1.807) is 0 Å². The molecule has 2 aromatic rings. The second kappa shape index (κ2) is 7.59. The summed E-state index contributed by atoms with van der Waals surface area (Å²) in [6.07, 6.45) is 3.77. The first-order valence-electron chi connectivity index (χ1n) is 7.79. The van der Waals surface area contributed by atoms with Gasteiger partial charge in [0.15, 0.2) is 0 Å². The van der Waals surface area contributed by atoms with E-state index in [-0.39, 0.29) is 4.09 Å².